The lowest BCUT2D eigenvalue weighted by atomic mass is 10.1. The van der Waals surface area contributed by atoms with Crippen molar-refractivity contribution >= 4 is 33.2 Å². The molecule has 5 nitrogen and oxygen atoms in total. The van der Waals surface area contributed by atoms with Crippen LogP contribution in [0.2, 0.25) is 5.02 Å². The van der Waals surface area contributed by atoms with E-state index in [2.05, 4.69) is 5.32 Å². The van der Waals surface area contributed by atoms with Gasteiger partial charge < -0.3 is 5.32 Å². The summed E-state index contributed by atoms with van der Waals surface area (Å²) < 4.78 is 63.3. The van der Waals surface area contributed by atoms with Crippen LogP contribution in [-0.4, -0.2) is 38.0 Å². The molecule has 0 bridgehead atoms. The van der Waals surface area contributed by atoms with Crippen molar-refractivity contribution in [2.24, 2.45) is 0 Å². The molecule has 28 heavy (non-hydrogen) atoms. The van der Waals surface area contributed by atoms with Crippen molar-refractivity contribution in [3.8, 4) is 0 Å². The summed E-state index contributed by atoms with van der Waals surface area (Å²) in [6.45, 7) is -0.495. The van der Waals surface area contributed by atoms with Gasteiger partial charge in [0.25, 0.3) is 0 Å². The van der Waals surface area contributed by atoms with Crippen LogP contribution in [0, 0.1) is 0 Å². The third kappa shape index (κ3) is 6.50. The molecule has 0 fully saturated rings. The summed E-state index contributed by atoms with van der Waals surface area (Å²) in [5.41, 5.74) is -0.327. The average molecular weight is 435 g/mol. The molecule has 10 heteroatoms. The van der Waals surface area contributed by atoms with Crippen molar-refractivity contribution in [3.63, 3.8) is 0 Å². The smallest absolute Gasteiger partial charge is 0.324 e. The van der Waals surface area contributed by atoms with E-state index in [0.717, 1.165) is 28.3 Å². The van der Waals surface area contributed by atoms with Crippen LogP contribution >= 0.6 is 11.6 Å². The lowest BCUT2D eigenvalue weighted by Crippen LogP contribution is -2.38. The maximum atomic E-state index is 12.8. The molecule has 0 atom stereocenters. The Bertz CT molecular complexity index is 935. The molecule has 0 aromatic heterocycles. The third-order valence-electron chi connectivity index (χ3n) is 3.85. The summed E-state index contributed by atoms with van der Waals surface area (Å²) >= 11 is 5.84. The largest absolute Gasteiger partial charge is 0.416 e. The molecule has 2 rings (SSSR count). The van der Waals surface area contributed by atoms with Gasteiger partial charge >= 0.3 is 6.18 Å². The summed E-state index contributed by atoms with van der Waals surface area (Å²) in [6.07, 6.45) is -3.26. The predicted octanol–water partition coefficient (Wildman–Crippen LogP) is 3.80. The number of carbonyl (C=O) groups is 1. The second-order valence-electron chi connectivity index (χ2n) is 6.07. The van der Waals surface area contributed by atoms with Gasteiger partial charge in [0.05, 0.1) is 29.1 Å². The fourth-order valence-electron chi connectivity index (χ4n) is 2.41. The van der Waals surface area contributed by atoms with Gasteiger partial charge in [-0.05, 0) is 30.2 Å². The van der Waals surface area contributed by atoms with Crippen molar-refractivity contribution in [2.75, 3.05) is 24.7 Å². The van der Waals surface area contributed by atoms with Crippen molar-refractivity contribution in [3.05, 3.63) is 64.7 Å². The third-order valence-corrected chi connectivity index (χ3v) is 5.43. The molecule has 1 amide bonds. The number of alkyl halides is 3. The fourth-order valence-corrected chi connectivity index (χ4v) is 3.35. The van der Waals surface area contributed by atoms with E-state index in [1.807, 2.05) is 30.3 Å². The second-order valence-corrected chi connectivity index (χ2v) is 8.46. The molecule has 0 heterocycles. The average Bonchev–Trinajstić information content (AvgIpc) is 2.59. The van der Waals surface area contributed by atoms with Crippen LogP contribution in [0.15, 0.2) is 48.5 Å². The normalized spacial score (nSPS) is 12.2. The summed E-state index contributed by atoms with van der Waals surface area (Å²) in [7, 11) is -3.70. The number of nitrogens with one attached hydrogen (secondary N) is 1. The van der Waals surface area contributed by atoms with Crippen molar-refractivity contribution in [1.29, 1.82) is 0 Å². The van der Waals surface area contributed by atoms with E-state index in [0.29, 0.717) is 12.5 Å². The highest BCUT2D eigenvalue weighted by Gasteiger charge is 2.31. The topological polar surface area (TPSA) is 66.5 Å². The Morgan fingerprint density at radius 1 is 1.14 bits per heavy atom. The monoisotopic (exact) mass is 434 g/mol. The number of hydrogen-bond acceptors (Lipinski definition) is 3. The molecule has 0 saturated carbocycles. The molecular formula is C18H18ClF3N2O3S. The summed E-state index contributed by atoms with van der Waals surface area (Å²) in [5, 5.41) is 2.16. The minimum Gasteiger partial charge on any atom is -0.324 e. The van der Waals surface area contributed by atoms with Gasteiger partial charge in [-0.25, -0.2) is 8.42 Å². The van der Waals surface area contributed by atoms with Crippen LogP contribution in [-0.2, 0) is 27.4 Å². The van der Waals surface area contributed by atoms with E-state index >= 15 is 0 Å². The Kier molecular flexibility index (Phi) is 7.08. The fraction of sp³-hybridized carbons (Fsp3) is 0.278. The van der Waals surface area contributed by atoms with Crippen LogP contribution in [0.3, 0.4) is 0 Å². The van der Waals surface area contributed by atoms with Gasteiger partial charge in [0.1, 0.15) is 0 Å². The SMILES string of the molecule is CS(=O)(=O)N(CCc1ccccc1)CC(=O)Nc1cc(C(F)(F)F)ccc1Cl. The standard InChI is InChI=1S/C18H18ClF3N2O3S/c1-28(26,27)24(10-9-13-5-3-2-4-6-13)12-17(25)23-16-11-14(18(20,21)22)7-8-15(16)19/h2-8,11H,9-10,12H2,1H3,(H,23,25). The first-order valence-corrected chi connectivity index (χ1v) is 10.3. The molecule has 0 aliphatic heterocycles. The van der Waals surface area contributed by atoms with Gasteiger partial charge in [0.15, 0.2) is 0 Å². The van der Waals surface area contributed by atoms with E-state index in [9.17, 15) is 26.4 Å². The minimum absolute atomic E-state index is 0.0482. The summed E-state index contributed by atoms with van der Waals surface area (Å²) in [4.78, 5) is 12.2. The van der Waals surface area contributed by atoms with Gasteiger partial charge in [-0.3, -0.25) is 4.79 Å². The molecule has 0 saturated heterocycles. The summed E-state index contributed by atoms with van der Waals surface area (Å²) in [5.74, 6) is -0.792. The number of amides is 1. The van der Waals surface area contributed by atoms with E-state index in [4.69, 9.17) is 11.6 Å². The zero-order valence-electron chi connectivity index (χ0n) is 14.8. The van der Waals surface area contributed by atoms with Crippen molar-refractivity contribution in [1.82, 2.24) is 4.31 Å². The quantitative estimate of drug-likeness (QED) is 0.720. The maximum Gasteiger partial charge on any atom is 0.416 e. The number of hydrogen-bond donors (Lipinski definition) is 1. The zero-order valence-corrected chi connectivity index (χ0v) is 16.4. The molecule has 0 aliphatic carbocycles. The van der Waals surface area contributed by atoms with Gasteiger partial charge in [-0.1, -0.05) is 41.9 Å². The molecule has 0 aliphatic rings. The van der Waals surface area contributed by atoms with Gasteiger partial charge in [0, 0.05) is 6.54 Å². The van der Waals surface area contributed by atoms with Crippen LogP contribution in [0.5, 0.6) is 0 Å². The van der Waals surface area contributed by atoms with Crippen molar-refractivity contribution in [2.45, 2.75) is 12.6 Å². The highest BCUT2D eigenvalue weighted by molar-refractivity contribution is 7.88. The van der Waals surface area contributed by atoms with E-state index in [-0.39, 0.29) is 17.3 Å². The van der Waals surface area contributed by atoms with Gasteiger partial charge in [-0.2, -0.15) is 17.5 Å². The molecule has 152 valence electrons. The maximum absolute atomic E-state index is 12.8. The minimum atomic E-state index is -4.60. The van der Waals surface area contributed by atoms with E-state index < -0.39 is 34.2 Å². The van der Waals surface area contributed by atoms with Gasteiger partial charge in [-0.15, -0.1) is 0 Å². The molecular weight excluding hydrogens is 417 g/mol. The second kappa shape index (κ2) is 8.93. The Morgan fingerprint density at radius 3 is 2.36 bits per heavy atom. The molecule has 0 unspecified atom stereocenters. The number of sulfonamides is 1. The first kappa shape index (κ1) is 22.2. The zero-order chi connectivity index (χ0) is 20.9. The first-order chi connectivity index (χ1) is 13.0. The number of anilines is 1. The Labute approximate surface area is 166 Å². The van der Waals surface area contributed by atoms with Crippen LogP contribution in [0.1, 0.15) is 11.1 Å². The Balaban J connectivity index is 2.10. The molecule has 2 aromatic carbocycles. The molecule has 1 N–H and O–H groups in total. The number of benzene rings is 2. The number of nitrogens with zero attached hydrogens (tertiary/aromatic N) is 1. The van der Waals surface area contributed by atoms with Crippen LogP contribution in [0.25, 0.3) is 0 Å². The predicted molar refractivity (Wildman–Crippen MR) is 102 cm³/mol. The lowest BCUT2D eigenvalue weighted by molar-refractivity contribution is -0.137. The van der Waals surface area contributed by atoms with Crippen molar-refractivity contribution < 1.29 is 26.4 Å². The van der Waals surface area contributed by atoms with Crippen LogP contribution < -0.4 is 5.32 Å². The highest BCUT2D eigenvalue weighted by atomic mass is 35.5. The lowest BCUT2D eigenvalue weighted by Gasteiger charge is -2.20. The highest BCUT2D eigenvalue weighted by Crippen LogP contribution is 2.33. The van der Waals surface area contributed by atoms with Crippen LogP contribution in [0.4, 0.5) is 18.9 Å². The Morgan fingerprint density at radius 2 is 1.79 bits per heavy atom. The van der Waals surface area contributed by atoms with Gasteiger partial charge in [0.2, 0.25) is 15.9 Å². The number of rotatable bonds is 7. The first-order valence-electron chi connectivity index (χ1n) is 8.12. The molecule has 0 radical (unpaired) electrons. The number of carbonyl (C=O) groups excluding carboxylic acids is 1. The number of halogens is 4. The molecule has 2 aromatic rings. The summed E-state index contributed by atoms with van der Waals surface area (Å²) in [6, 6.07) is 11.6. The Hall–Kier alpha value is -2.10. The van der Waals surface area contributed by atoms with E-state index in [1.54, 1.807) is 0 Å². The van der Waals surface area contributed by atoms with E-state index in [1.165, 1.54) is 0 Å². The molecule has 0 spiro atoms.